The molecule has 0 fully saturated rings. The van der Waals surface area contributed by atoms with Gasteiger partial charge in [0.05, 0.1) is 30.3 Å². The number of fused-ring (bicyclic) bond motifs is 1. The maximum atomic E-state index is 13.5. The average molecular weight is 435 g/mol. The number of methoxy groups -OCH3 is 2. The van der Waals surface area contributed by atoms with E-state index >= 15 is 0 Å². The van der Waals surface area contributed by atoms with Gasteiger partial charge in [0, 0.05) is 18.1 Å². The van der Waals surface area contributed by atoms with Crippen LogP contribution in [0.15, 0.2) is 88.8 Å². The number of hydrogen-bond donors (Lipinski definition) is 1. The Morgan fingerprint density at radius 2 is 1.55 bits per heavy atom. The second-order valence-corrected chi connectivity index (χ2v) is 8.82. The van der Waals surface area contributed by atoms with Crippen molar-refractivity contribution < 1.29 is 17.9 Å². The van der Waals surface area contributed by atoms with Crippen molar-refractivity contribution in [2.45, 2.75) is 16.3 Å². The Balaban J connectivity index is 1.86. The summed E-state index contributed by atoms with van der Waals surface area (Å²) in [5.41, 5.74) is 2.19. The van der Waals surface area contributed by atoms with Crippen LogP contribution in [0.5, 0.6) is 11.5 Å². The smallest absolute Gasteiger partial charge is 0.210 e. The van der Waals surface area contributed by atoms with Gasteiger partial charge in [-0.25, -0.2) is 8.42 Å². The molecule has 0 aliphatic carbocycles. The molecule has 7 heteroatoms. The van der Waals surface area contributed by atoms with Gasteiger partial charge in [-0.05, 0) is 48.0 Å². The van der Waals surface area contributed by atoms with E-state index in [2.05, 4.69) is 10.3 Å². The lowest BCUT2D eigenvalue weighted by atomic mass is 10.1. The fourth-order valence-corrected chi connectivity index (χ4v) is 4.73. The highest BCUT2D eigenvalue weighted by Crippen LogP contribution is 2.35. The van der Waals surface area contributed by atoms with Crippen LogP contribution in [-0.4, -0.2) is 27.6 Å². The number of sulfone groups is 1. The summed E-state index contributed by atoms with van der Waals surface area (Å²) in [6.45, 7) is 0.461. The van der Waals surface area contributed by atoms with Crippen molar-refractivity contribution in [3.05, 3.63) is 84.6 Å². The number of nitrogens with zero attached hydrogens (tertiary/aromatic N) is 1. The number of hydrogen-bond acceptors (Lipinski definition) is 6. The summed E-state index contributed by atoms with van der Waals surface area (Å²) in [5.74, 6) is 1.21. The molecule has 1 heterocycles. The molecule has 3 aromatic carbocycles. The summed E-state index contributed by atoms with van der Waals surface area (Å²) in [7, 11) is -0.721. The molecule has 0 aliphatic rings. The molecule has 0 amide bonds. The van der Waals surface area contributed by atoms with Gasteiger partial charge < -0.3 is 14.8 Å². The minimum Gasteiger partial charge on any atom is -0.497 e. The molecule has 6 nitrogen and oxygen atoms in total. The van der Waals surface area contributed by atoms with Crippen molar-refractivity contribution >= 4 is 26.4 Å². The van der Waals surface area contributed by atoms with E-state index in [1.54, 1.807) is 31.4 Å². The van der Waals surface area contributed by atoms with Gasteiger partial charge in [-0.15, -0.1) is 0 Å². The van der Waals surface area contributed by atoms with Crippen molar-refractivity contribution in [3.63, 3.8) is 0 Å². The molecule has 31 heavy (non-hydrogen) atoms. The molecular formula is C24H22N2O4S. The molecule has 0 spiro atoms. The zero-order chi connectivity index (χ0) is 21.8. The van der Waals surface area contributed by atoms with E-state index in [-0.39, 0.29) is 9.79 Å². The number of ether oxygens (including phenoxy) is 2. The molecular weight excluding hydrogens is 412 g/mol. The summed E-state index contributed by atoms with van der Waals surface area (Å²) in [4.78, 5) is 4.67. The highest BCUT2D eigenvalue weighted by atomic mass is 32.2. The third-order valence-corrected chi connectivity index (χ3v) is 6.79. The Morgan fingerprint density at radius 1 is 0.871 bits per heavy atom. The molecule has 0 aliphatic heterocycles. The molecule has 0 radical (unpaired) electrons. The SMILES string of the molecule is COc1ccc(S(=O)(=O)c2cnc3ccc(OC)cc3c2NCc2ccccc2)cc1. The van der Waals surface area contributed by atoms with Crippen LogP contribution in [0.4, 0.5) is 5.69 Å². The standard InChI is InChI=1S/C24H22N2O4S/c1-29-18-8-11-20(12-9-18)31(27,28)23-16-25-22-13-10-19(30-2)14-21(22)24(23)26-15-17-6-4-3-5-7-17/h3-14,16H,15H2,1-2H3,(H,25,26). The molecule has 0 saturated carbocycles. The van der Waals surface area contributed by atoms with E-state index in [1.165, 1.54) is 25.4 Å². The third-order valence-electron chi connectivity index (χ3n) is 5.01. The summed E-state index contributed by atoms with van der Waals surface area (Å²) in [5, 5.41) is 3.99. The van der Waals surface area contributed by atoms with Crippen LogP contribution in [0.25, 0.3) is 10.9 Å². The summed E-state index contributed by atoms with van der Waals surface area (Å²) < 4.78 is 37.5. The highest BCUT2D eigenvalue weighted by molar-refractivity contribution is 7.91. The average Bonchev–Trinajstić information content (AvgIpc) is 2.82. The lowest BCUT2D eigenvalue weighted by Gasteiger charge is -2.16. The van der Waals surface area contributed by atoms with Crippen LogP contribution >= 0.6 is 0 Å². The van der Waals surface area contributed by atoms with Crippen LogP contribution < -0.4 is 14.8 Å². The van der Waals surface area contributed by atoms with Gasteiger partial charge in [-0.2, -0.15) is 0 Å². The van der Waals surface area contributed by atoms with E-state index in [1.807, 2.05) is 36.4 Å². The minimum absolute atomic E-state index is 0.106. The van der Waals surface area contributed by atoms with Crippen molar-refractivity contribution in [1.29, 1.82) is 0 Å². The van der Waals surface area contributed by atoms with E-state index in [0.29, 0.717) is 34.6 Å². The van der Waals surface area contributed by atoms with Gasteiger partial charge in [0.25, 0.3) is 0 Å². The Bertz CT molecular complexity index is 1310. The maximum Gasteiger partial charge on any atom is 0.210 e. The normalized spacial score (nSPS) is 11.3. The van der Waals surface area contributed by atoms with Crippen LogP contribution in [0.1, 0.15) is 5.56 Å². The zero-order valence-corrected chi connectivity index (χ0v) is 18.0. The molecule has 0 bridgehead atoms. The minimum atomic E-state index is -3.83. The van der Waals surface area contributed by atoms with E-state index < -0.39 is 9.84 Å². The van der Waals surface area contributed by atoms with Gasteiger partial charge in [0.15, 0.2) is 0 Å². The summed E-state index contributed by atoms with van der Waals surface area (Å²) in [6.07, 6.45) is 1.40. The molecule has 0 atom stereocenters. The lowest BCUT2D eigenvalue weighted by Crippen LogP contribution is -2.09. The quantitative estimate of drug-likeness (QED) is 0.454. The first-order valence-corrected chi connectivity index (χ1v) is 11.1. The second-order valence-electron chi connectivity index (χ2n) is 6.90. The number of benzene rings is 3. The van der Waals surface area contributed by atoms with Crippen molar-refractivity contribution in [2.75, 3.05) is 19.5 Å². The van der Waals surface area contributed by atoms with Crippen LogP contribution in [-0.2, 0) is 16.4 Å². The van der Waals surface area contributed by atoms with Gasteiger partial charge >= 0.3 is 0 Å². The van der Waals surface area contributed by atoms with Gasteiger partial charge in [0.2, 0.25) is 9.84 Å². The lowest BCUT2D eigenvalue weighted by molar-refractivity contribution is 0.414. The molecule has 0 unspecified atom stereocenters. The predicted octanol–water partition coefficient (Wildman–Crippen LogP) is 4.70. The second kappa shape index (κ2) is 8.65. The van der Waals surface area contributed by atoms with Crippen molar-refractivity contribution in [1.82, 2.24) is 4.98 Å². The molecule has 1 aromatic heterocycles. The zero-order valence-electron chi connectivity index (χ0n) is 17.2. The molecule has 4 aromatic rings. The Morgan fingerprint density at radius 3 is 2.23 bits per heavy atom. The number of aromatic nitrogens is 1. The number of rotatable bonds is 7. The molecule has 1 N–H and O–H groups in total. The van der Waals surface area contributed by atoms with E-state index in [9.17, 15) is 8.42 Å². The van der Waals surface area contributed by atoms with Gasteiger partial charge in [-0.1, -0.05) is 30.3 Å². The van der Waals surface area contributed by atoms with Gasteiger partial charge in [0.1, 0.15) is 16.4 Å². The number of nitrogens with one attached hydrogen (secondary N) is 1. The van der Waals surface area contributed by atoms with E-state index in [4.69, 9.17) is 9.47 Å². The number of anilines is 1. The fraction of sp³-hybridized carbons (Fsp3) is 0.125. The monoisotopic (exact) mass is 434 g/mol. The fourth-order valence-electron chi connectivity index (χ4n) is 3.33. The predicted molar refractivity (Wildman–Crippen MR) is 121 cm³/mol. The third kappa shape index (κ3) is 4.18. The summed E-state index contributed by atoms with van der Waals surface area (Å²) in [6, 6.07) is 21.5. The Kier molecular flexibility index (Phi) is 5.77. The molecule has 4 rings (SSSR count). The van der Waals surface area contributed by atoms with Gasteiger partial charge in [-0.3, -0.25) is 4.98 Å². The first kappa shape index (κ1) is 20.7. The maximum absolute atomic E-state index is 13.5. The van der Waals surface area contributed by atoms with Crippen molar-refractivity contribution in [3.8, 4) is 11.5 Å². The van der Waals surface area contributed by atoms with E-state index in [0.717, 1.165) is 5.56 Å². The highest BCUT2D eigenvalue weighted by Gasteiger charge is 2.24. The molecule has 0 saturated heterocycles. The van der Waals surface area contributed by atoms with Crippen LogP contribution in [0.2, 0.25) is 0 Å². The summed E-state index contributed by atoms with van der Waals surface area (Å²) >= 11 is 0. The largest absolute Gasteiger partial charge is 0.497 e. The number of pyridine rings is 1. The first-order valence-electron chi connectivity index (χ1n) is 9.66. The van der Waals surface area contributed by atoms with Crippen LogP contribution in [0, 0.1) is 0 Å². The topological polar surface area (TPSA) is 77.5 Å². The van der Waals surface area contributed by atoms with Crippen LogP contribution in [0.3, 0.4) is 0 Å². The Labute approximate surface area is 181 Å². The molecule has 158 valence electrons. The first-order chi connectivity index (χ1) is 15.0. The van der Waals surface area contributed by atoms with Crippen molar-refractivity contribution in [2.24, 2.45) is 0 Å². The Hall–Kier alpha value is -3.58.